The Morgan fingerprint density at radius 2 is 1.92 bits per heavy atom. The smallest absolute Gasteiger partial charge is 0.347 e. The van der Waals surface area contributed by atoms with Crippen molar-refractivity contribution >= 4 is 11.5 Å². The molecule has 0 radical (unpaired) electrons. The molecule has 2 heterocycles. The first-order valence-corrected chi connectivity index (χ1v) is 7.79. The number of aromatic hydroxyl groups is 1. The van der Waals surface area contributed by atoms with Crippen LogP contribution < -0.4 is 11.0 Å². The van der Waals surface area contributed by atoms with Crippen LogP contribution in [-0.2, 0) is 5.41 Å². The molecule has 0 fully saturated rings. The summed E-state index contributed by atoms with van der Waals surface area (Å²) >= 11 is 0. The molecule has 0 amide bonds. The zero-order valence-corrected chi connectivity index (χ0v) is 14.2. The third kappa shape index (κ3) is 2.97. The fourth-order valence-electron chi connectivity index (χ4n) is 2.42. The maximum atomic E-state index is 12.0. The second-order valence-corrected chi connectivity index (χ2v) is 6.90. The van der Waals surface area contributed by atoms with E-state index >= 15 is 0 Å². The van der Waals surface area contributed by atoms with Crippen molar-refractivity contribution in [1.82, 2.24) is 19.6 Å². The SMILES string of the molecule is CC(Nc1nc(C(C)(C)C)cn2c(=O)[nH]nc12)c1ccc(O)cc1. The number of aromatic nitrogens is 4. The summed E-state index contributed by atoms with van der Waals surface area (Å²) in [6.45, 7) is 8.11. The summed E-state index contributed by atoms with van der Waals surface area (Å²) in [7, 11) is 0. The van der Waals surface area contributed by atoms with Crippen molar-refractivity contribution < 1.29 is 5.11 Å². The predicted molar refractivity (Wildman–Crippen MR) is 92.5 cm³/mol. The number of hydrogen-bond donors (Lipinski definition) is 3. The highest BCUT2D eigenvalue weighted by atomic mass is 16.3. The Morgan fingerprint density at radius 3 is 2.54 bits per heavy atom. The molecule has 3 rings (SSSR count). The van der Waals surface area contributed by atoms with Crippen LogP contribution in [0.5, 0.6) is 5.75 Å². The molecule has 0 aliphatic carbocycles. The molecule has 0 spiro atoms. The molecule has 0 saturated heterocycles. The maximum absolute atomic E-state index is 12.0. The topological polar surface area (TPSA) is 95.3 Å². The van der Waals surface area contributed by atoms with Gasteiger partial charge in [-0.3, -0.25) is 0 Å². The maximum Gasteiger partial charge on any atom is 0.347 e. The molecular formula is C17H21N5O2. The number of anilines is 1. The first-order valence-electron chi connectivity index (χ1n) is 7.79. The van der Waals surface area contributed by atoms with E-state index in [9.17, 15) is 9.90 Å². The summed E-state index contributed by atoms with van der Waals surface area (Å²) in [6.07, 6.45) is 1.72. The minimum absolute atomic E-state index is 0.0658. The third-order valence-corrected chi connectivity index (χ3v) is 3.91. The Bertz CT molecular complexity index is 919. The molecule has 3 N–H and O–H groups in total. The fourth-order valence-corrected chi connectivity index (χ4v) is 2.42. The van der Waals surface area contributed by atoms with Crippen molar-refractivity contribution in [3.63, 3.8) is 0 Å². The average molecular weight is 327 g/mol. The van der Waals surface area contributed by atoms with Crippen molar-refractivity contribution in [2.24, 2.45) is 0 Å². The minimum Gasteiger partial charge on any atom is -0.508 e. The van der Waals surface area contributed by atoms with E-state index in [0.717, 1.165) is 11.3 Å². The number of phenolic OH excluding ortho intramolecular Hbond substituents is 1. The van der Waals surface area contributed by atoms with Crippen molar-refractivity contribution in [3.05, 3.63) is 52.2 Å². The zero-order valence-electron chi connectivity index (χ0n) is 14.2. The van der Waals surface area contributed by atoms with Crippen LogP contribution in [0.3, 0.4) is 0 Å². The predicted octanol–water partition coefficient (Wildman–Crippen LogP) is 2.59. The van der Waals surface area contributed by atoms with Gasteiger partial charge in [0.25, 0.3) is 0 Å². The molecule has 2 aromatic heterocycles. The Hall–Kier alpha value is -2.83. The summed E-state index contributed by atoms with van der Waals surface area (Å²) in [4.78, 5) is 16.6. The van der Waals surface area contributed by atoms with Crippen LogP contribution in [0.15, 0.2) is 35.3 Å². The van der Waals surface area contributed by atoms with Gasteiger partial charge >= 0.3 is 5.69 Å². The van der Waals surface area contributed by atoms with Crippen molar-refractivity contribution in [1.29, 1.82) is 0 Å². The number of nitrogens with zero attached hydrogens (tertiary/aromatic N) is 3. The van der Waals surface area contributed by atoms with Gasteiger partial charge in [-0.05, 0) is 24.6 Å². The molecule has 1 unspecified atom stereocenters. The molecule has 7 nitrogen and oxygen atoms in total. The average Bonchev–Trinajstić information content (AvgIpc) is 2.89. The van der Waals surface area contributed by atoms with E-state index in [1.165, 1.54) is 4.40 Å². The van der Waals surface area contributed by atoms with Crippen LogP contribution in [0, 0.1) is 0 Å². The summed E-state index contributed by atoms with van der Waals surface area (Å²) in [5.41, 5.74) is 1.74. The molecule has 1 atom stereocenters. The number of nitrogens with one attached hydrogen (secondary N) is 2. The summed E-state index contributed by atoms with van der Waals surface area (Å²) in [5, 5.41) is 19.2. The van der Waals surface area contributed by atoms with E-state index in [1.54, 1.807) is 18.3 Å². The minimum atomic E-state index is -0.293. The van der Waals surface area contributed by atoms with Gasteiger partial charge in [0, 0.05) is 11.6 Å². The first kappa shape index (κ1) is 16.0. The lowest BCUT2D eigenvalue weighted by molar-refractivity contribution is 0.475. The van der Waals surface area contributed by atoms with Gasteiger partial charge in [0.1, 0.15) is 5.75 Å². The van der Waals surface area contributed by atoms with Crippen LogP contribution in [0.2, 0.25) is 0 Å². The lowest BCUT2D eigenvalue weighted by Gasteiger charge is -2.21. The van der Waals surface area contributed by atoms with Gasteiger partial charge in [-0.25, -0.2) is 19.3 Å². The van der Waals surface area contributed by atoms with E-state index in [4.69, 9.17) is 0 Å². The Labute approximate surface area is 139 Å². The van der Waals surface area contributed by atoms with E-state index in [1.807, 2.05) is 39.8 Å². The van der Waals surface area contributed by atoms with E-state index < -0.39 is 0 Å². The standard InChI is InChI=1S/C17H21N5O2/c1-10(11-5-7-12(23)8-6-11)18-14-15-20-21-16(24)22(15)9-13(19-14)17(2,3)4/h5-10,23H,1-4H3,(H,18,19)(H,21,24). The number of hydrogen-bond acceptors (Lipinski definition) is 5. The number of fused-ring (bicyclic) bond motifs is 1. The van der Waals surface area contributed by atoms with E-state index in [2.05, 4.69) is 20.5 Å². The number of aromatic amines is 1. The van der Waals surface area contributed by atoms with Gasteiger partial charge in [0.2, 0.25) is 5.65 Å². The lowest BCUT2D eigenvalue weighted by atomic mass is 9.93. The number of rotatable bonds is 3. The molecule has 1 aromatic carbocycles. The van der Waals surface area contributed by atoms with E-state index in [0.29, 0.717) is 11.5 Å². The molecule has 0 aliphatic heterocycles. The van der Waals surface area contributed by atoms with Crippen molar-refractivity contribution in [2.45, 2.75) is 39.2 Å². The Kier molecular flexibility index (Phi) is 3.79. The molecule has 126 valence electrons. The largest absolute Gasteiger partial charge is 0.508 e. The highest BCUT2D eigenvalue weighted by Gasteiger charge is 2.21. The monoisotopic (exact) mass is 327 g/mol. The lowest BCUT2D eigenvalue weighted by Crippen LogP contribution is -2.20. The van der Waals surface area contributed by atoms with Crippen LogP contribution in [0.4, 0.5) is 5.82 Å². The fraction of sp³-hybridized carbons (Fsp3) is 0.353. The van der Waals surface area contributed by atoms with Gasteiger partial charge in [-0.15, -0.1) is 5.10 Å². The quantitative estimate of drug-likeness (QED) is 0.687. The third-order valence-electron chi connectivity index (χ3n) is 3.91. The second-order valence-electron chi connectivity index (χ2n) is 6.90. The Balaban J connectivity index is 2.04. The summed E-state index contributed by atoms with van der Waals surface area (Å²) < 4.78 is 1.47. The number of benzene rings is 1. The highest BCUT2D eigenvalue weighted by molar-refractivity contribution is 5.63. The van der Waals surface area contributed by atoms with Crippen LogP contribution >= 0.6 is 0 Å². The second kappa shape index (κ2) is 5.67. The summed E-state index contributed by atoms with van der Waals surface area (Å²) in [5.74, 6) is 0.765. The van der Waals surface area contributed by atoms with Crippen molar-refractivity contribution in [2.75, 3.05) is 5.32 Å². The molecule has 0 saturated carbocycles. The molecule has 24 heavy (non-hydrogen) atoms. The molecule has 0 aliphatic rings. The van der Waals surface area contributed by atoms with Gasteiger partial charge in [0.15, 0.2) is 5.82 Å². The van der Waals surface area contributed by atoms with Gasteiger partial charge in [-0.2, -0.15) is 0 Å². The number of phenols is 1. The molecular weight excluding hydrogens is 306 g/mol. The van der Waals surface area contributed by atoms with Crippen LogP contribution in [0.1, 0.15) is 45.0 Å². The number of H-pyrrole nitrogens is 1. The van der Waals surface area contributed by atoms with Gasteiger partial charge < -0.3 is 10.4 Å². The summed E-state index contributed by atoms with van der Waals surface area (Å²) in [6, 6.07) is 6.90. The highest BCUT2D eigenvalue weighted by Crippen LogP contribution is 2.26. The molecule has 7 heteroatoms. The normalized spacial score (nSPS) is 13.2. The van der Waals surface area contributed by atoms with Gasteiger partial charge in [-0.1, -0.05) is 32.9 Å². The molecule has 0 bridgehead atoms. The zero-order chi connectivity index (χ0) is 17.5. The van der Waals surface area contributed by atoms with Gasteiger partial charge in [0.05, 0.1) is 11.7 Å². The first-order chi connectivity index (χ1) is 11.3. The van der Waals surface area contributed by atoms with Crippen LogP contribution in [-0.4, -0.2) is 24.7 Å². The Morgan fingerprint density at radius 1 is 1.25 bits per heavy atom. The van der Waals surface area contributed by atoms with Crippen molar-refractivity contribution in [3.8, 4) is 5.75 Å². The van der Waals surface area contributed by atoms with E-state index in [-0.39, 0.29) is 22.9 Å². The molecule has 3 aromatic rings. The van der Waals surface area contributed by atoms with Crippen LogP contribution in [0.25, 0.3) is 5.65 Å².